The SMILES string of the molecule is N#CC(c1ccccc1Cl)N1CCN(C(=O)C2CCCO2)CC1. The Balaban J connectivity index is 1.62. The van der Waals surface area contributed by atoms with Crippen molar-refractivity contribution < 1.29 is 9.53 Å². The Bertz CT molecular complexity index is 602. The quantitative estimate of drug-likeness (QED) is 0.851. The van der Waals surface area contributed by atoms with Crippen LogP contribution in [0.25, 0.3) is 0 Å². The molecule has 0 bridgehead atoms. The number of benzene rings is 1. The largest absolute Gasteiger partial charge is 0.368 e. The number of carbonyl (C=O) groups excluding carboxylic acids is 1. The van der Waals surface area contributed by atoms with E-state index in [4.69, 9.17) is 16.3 Å². The summed E-state index contributed by atoms with van der Waals surface area (Å²) < 4.78 is 5.47. The van der Waals surface area contributed by atoms with E-state index in [2.05, 4.69) is 11.0 Å². The molecule has 1 aromatic rings. The fraction of sp³-hybridized carbons (Fsp3) is 0.529. The van der Waals surface area contributed by atoms with E-state index < -0.39 is 0 Å². The van der Waals surface area contributed by atoms with Gasteiger partial charge in [-0.2, -0.15) is 5.26 Å². The number of hydrogen-bond donors (Lipinski definition) is 0. The molecule has 2 atom stereocenters. The van der Waals surface area contributed by atoms with E-state index in [1.165, 1.54) is 0 Å². The van der Waals surface area contributed by atoms with Gasteiger partial charge in [0.25, 0.3) is 5.91 Å². The van der Waals surface area contributed by atoms with Crippen molar-refractivity contribution in [1.29, 1.82) is 5.26 Å². The van der Waals surface area contributed by atoms with Crippen LogP contribution in [0.1, 0.15) is 24.4 Å². The average Bonchev–Trinajstić information content (AvgIpc) is 3.12. The summed E-state index contributed by atoms with van der Waals surface area (Å²) in [7, 11) is 0. The molecule has 0 aliphatic carbocycles. The maximum absolute atomic E-state index is 12.4. The second-order valence-electron chi connectivity index (χ2n) is 5.92. The molecule has 6 heteroatoms. The van der Waals surface area contributed by atoms with Crippen LogP contribution in [0.3, 0.4) is 0 Å². The van der Waals surface area contributed by atoms with Crippen molar-refractivity contribution in [3.8, 4) is 6.07 Å². The number of rotatable bonds is 3. The van der Waals surface area contributed by atoms with Crippen LogP contribution in [-0.2, 0) is 9.53 Å². The highest BCUT2D eigenvalue weighted by Gasteiger charge is 2.32. The summed E-state index contributed by atoms with van der Waals surface area (Å²) in [6.45, 7) is 3.27. The second-order valence-corrected chi connectivity index (χ2v) is 6.32. The zero-order valence-corrected chi connectivity index (χ0v) is 13.7. The first-order valence-electron chi connectivity index (χ1n) is 7.99. The summed E-state index contributed by atoms with van der Waals surface area (Å²) >= 11 is 6.22. The van der Waals surface area contributed by atoms with Crippen LogP contribution in [0.5, 0.6) is 0 Å². The summed E-state index contributed by atoms with van der Waals surface area (Å²) in [6.07, 6.45) is 1.51. The van der Waals surface area contributed by atoms with Gasteiger partial charge in [-0.05, 0) is 18.9 Å². The molecule has 23 heavy (non-hydrogen) atoms. The van der Waals surface area contributed by atoms with Crippen molar-refractivity contribution in [3.63, 3.8) is 0 Å². The summed E-state index contributed by atoms with van der Waals surface area (Å²) in [4.78, 5) is 16.3. The molecule has 2 fully saturated rings. The number of piperazine rings is 1. The minimum absolute atomic E-state index is 0.0911. The predicted octanol–water partition coefficient (Wildman–Crippen LogP) is 2.23. The van der Waals surface area contributed by atoms with Gasteiger partial charge >= 0.3 is 0 Å². The van der Waals surface area contributed by atoms with Crippen molar-refractivity contribution >= 4 is 17.5 Å². The van der Waals surface area contributed by atoms with Crippen LogP contribution in [-0.4, -0.2) is 54.6 Å². The normalized spacial score (nSPS) is 23.5. The Hall–Kier alpha value is -1.61. The second kappa shape index (κ2) is 7.31. The lowest BCUT2D eigenvalue weighted by atomic mass is 10.1. The van der Waals surface area contributed by atoms with Crippen molar-refractivity contribution in [2.75, 3.05) is 32.8 Å². The lowest BCUT2D eigenvalue weighted by molar-refractivity contribution is -0.142. The summed E-state index contributed by atoms with van der Waals surface area (Å²) in [5, 5.41) is 10.2. The van der Waals surface area contributed by atoms with Gasteiger partial charge in [-0.1, -0.05) is 29.8 Å². The minimum Gasteiger partial charge on any atom is -0.368 e. The van der Waals surface area contributed by atoms with Crippen LogP contribution >= 0.6 is 11.6 Å². The Morgan fingerprint density at radius 3 is 2.65 bits per heavy atom. The molecule has 122 valence electrons. The van der Waals surface area contributed by atoms with Gasteiger partial charge in [0.2, 0.25) is 0 Å². The van der Waals surface area contributed by atoms with E-state index in [-0.39, 0.29) is 18.1 Å². The van der Waals surface area contributed by atoms with Gasteiger partial charge in [-0.25, -0.2) is 0 Å². The Labute approximate surface area is 141 Å². The molecule has 0 aromatic heterocycles. The maximum Gasteiger partial charge on any atom is 0.251 e. The molecule has 3 rings (SSSR count). The van der Waals surface area contributed by atoms with Gasteiger partial charge in [-0.3, -0.25) is 9.69 Å². The number of amides is 1. The number of hydrogen-bond acceptors (Lipinski definition) is 4. The summed E-state index contributed by atoms with van der Waals surface area (Å²) in [6, 6.07) is 9.41. The van der Waals surface area contributed by atoms with Crippen LogP contribution in [0.15, 0.2) is 24.3 Å². The maximum atomic E-state index is 12.4. The van der Waals surface area contributed by atoms with Gasteiger partial charge in [0.15, 0.2) is 0 Å². The minimum atomic E-state index is -0.372. The molecular weight excluding hydrogens is 314 g/mol. The van der Waals surface area contributed by atoms with Gasteiger partial charge in [0.05, 0.1) is 6.07 Å². The molecule has 2 aliphatic rings. The monoisotopic (exact) mass is 333 g/mol. The van der Waals surface area contributed by atoms with Gasteiger partial charge in [0, 0.05) is 43.4 Å². The fourth-order valence-electron chi connectivity index (χ4n) is 3.22. The van der Waals surface area contributed by atoms with Crippen LogP contribution in [0.4, 0.5) is 0 Å². The summed E-state index contributed by atoms with van der Waals surface area (Å²) in [5.74, 6) is 0.0911. The third-order valence-corrected chi connectivity index (χ3v) is 4.86. The highest BCUT2D eigenvalue weighted by Crippen LogP contribution is 2.28. The van der Waals surface area contributed by atoms with E-state index in [0.29, 0.717) is 37.8 Å². The van der Waals surface area contributed by atoms with Gasteiger partial charge in [0.1, 0.15) is 12.1 Å². The predicted molar refractivity (Wildman–Crippen MR) is 86.9 cm³/mol. The third-order valence-electron chi connectivity index (χ3n) is 4.52. The number of ether oxygens (including phenoxy) is 1. The molecular formula is C17H20ClN3O2. The number of nitriles is 1. The van der Waals surface area contributed by atoms with Crippen molar-refractivity contribution in [3.05, 3.63) is 34.9 Å². The fourth-order valence-corrected chi connectivity index (χ4v) is 3.46. The van der Waals surface area contributed by atoms with E-state index in [0.717, 1.165) is 18.4 Å². The van der Waals surface area contributed by atoms with Crippen LogP contribution in [0, 0.1) is 11.3 Å². The van der Waals surface area contributed by atoms with Crippen LogP contribution < -0.4 is 0 Å². The van der Waals surface area contributed by atoms with Crippen molar-refractivity contribution in [1.82, 2.24) is 9.80 Å². The van der Waals surface area contributed by atoms with Crippen LogP contribution in [0.2, 0.25) is 5.02 Å². The standard InChI is InChI=1S/C17H20ClN3O2/c18-14-5-2-1-4-13(14)15(12-19)20-7-9-21(10-8-20)17(22)16-6-3-11-23-16/h1-2,4-5,15-16H,3,6-11H2. The Morgan fingerprint density at radius 2 is 2.04 bits per heavy atom. The zero-order chi connectivity index (χ0) is 16.2. The first kappa shape index (κ1) is 16.3. The lowest BCUT2D eigenvalue weighted by Crippen LogP contribution is -2.52. The molecule has 1 aromatic carbocycles. The van der Waals surface area contributed by atoms with E-state index in [1.807, 2.05) is 23.1 Å². The molecule has 0 spiro atoms. The highest BCUT2D eigenvalue weighted by atomic mass is 35.5. The van der Waals surface area contributed by atoms with E-state index in [1.54, 1.807) is 6.07 Å². The van der Waals surface area contributed by atoms with Gasteiger partial charge < -0.3 is 9.64 Å². The first-order chi connectivity index (χ1) is 11.2. The third kappa shape index (κ3) is 3.50. The smallest absolute Gasteiger partial charge is 0.251 e. The molecule has 1 amide bonds. The molecule has 2 aliphatic heterocycles. The molecule has 5 nitrogen and oxygen atoms in total. The number of nitrogens with zero attached hydrogens (tertiary/aromatic N) is 3. The molecule has 2 heterocycles. The highest BCUT2D eigenvalue weighted by molar-refractivity contribution is 6.31. The van der Waals surface area contributed by atoms with E-state index >= 15 is 0 Å². The molecule has 2 saturated heterocycles. The van der Waals surface area contributed by atoms with Gasteiger partial charge in [-0.15, -0.1) is 0 Å². The molecule has 0 N–H and O–H groups in total. The lowest BCUT2D eigenvalue weighted by Gasteiger charge is -2.37. The van der Waals surface area contributed by atoms with Crippen molar-refractivity contribution in [2.24, 2.45) is 0 Å². The average molecular weight is 334 g/mol. The molecule has 0 radical (unpaired) electrons. The topological polar surface area (TPSA) is 56.6 Å². The zero-order valence-electron chi connectivity index (χ0n) is 12.9. The molecule has 0 saturated carbocycles. The summed E-state index contributed by atoms with van der Waals surface area (Å²) in [5.41, 5.74) is 0.829. The number of carbonyl (C=O) groups is 1. The van der Waals surface area contributed by atoms with E-state index in [9.17, 15) is 10.1 Å². The Morgan fingerprint density at radius 1 is 1.30 bits per heavy atom. The van der Waals surface area contributed by atoms with Crippen molar-refractivity contribution in [2.45, 2.75) is 25.0 Å². The molecule has 2 unspecified atom stereocenters. The Kier molecular flexibility index (Phi) is 5.16. The number of halogens is 1. The first-order valence-corrected chi connectivity index (χ1v) is 8.37.